The molecule has 4 atom stereocenters. The largest absolute Gasteiger partial charge is 0.312 e. The van der Waals surface area contributed by atoms with E-state index in [1.165, 1.54) is 77.4 Å². The van der Waals surface area contributed by atoms with E-state index in [4.69, 9.17) is 0 Å². The van der Waals surface area contributed by atoms with Gasteiger partial charge in [0.25, 0.3) is 0 Å². The predicted molar refractivity (Wildman–Crippen MR) is 89.7 cm³/mol. The molecule has 122 valence electrons. The van der Waals surface area contributed by atoms with Gasteiger partial charge in [0.05, 0.1) is 0 Å². The van der Waals surface area contributed by atoms with Crippen LogP contribution in [-0.4, -0.2) is 60.6 Å². The molecular formula is C18H35N3. The summed E-state index contributed by atoms with van der Waals surface area (Å²) in [6.07, 6.45) is 12.6. The average molecular weight is 293 g/mol. The summed E-state index contributed by atoms with van der Waals surface area (Å²) in [5.41, 5.74) is 0. The van der Waals surface area contributed by atoms with E-state index in [0.29, 0.717) is 0 Å². The number of hydrogen-bond acceptors (Lipinski definition) is 3. The van der Waals surface area contributed by atoms with E-state index in [9.17, 15) is 0 Å². The second-order valence-corrected chi connectivity index (χ2v) is 7.60. The number of likely N-dealkylation sites (tertiary alicyclic amines) is 1. The predicted octanol–water partition coefficient (Wildman–Crippen LogP) is 2.86. The normalized spacial score (nSPS) is 39.1. The summed E-state index contributed by atoms with van der Waals surface area (Å²) < 4.78 is 0. The molecule has 0 spiro atoms. The zero-order valence-corrected chi connectivity index (χ0v) is 14.2. The summed E-state index contributed by atoms with van der Waals surface area (Å²) >= 11 is 0. The summed E-state index contributed by atoms with van der Waals surface area (Å²) in [6, 6.07) is 3.24. The number of nitrogens with zero attached hydrogens (tertiary/aromatic N) is 2. The van der Waals surface area contributed by atoms with Crippen LogP contribution in [0.25, 0.3) is 0 Å². The lowest BCUT2D eigenvalue weighted by Crippen LogP contribution is -2.52. The Hall–Kier alpha value is -0.120. The molecule has 0 aromatic heterocycles. The fourth-order valence-corrected chi connectivity index (χ4v) is 4.93. The van der Waals surface area contributed by atoms with Crippen molar-refractivity contribution in [1.82, 2.24) is 15.1 Å². The van der Waals surface area contributed by atoms with Gasteiger partial charge >= 0.3 is 0 Å². The molecule has 3 aliphatic rings. The van der Waals surface area contributed by atoms with Gasteiger partial charge in [-0.05, 0) is 52.1 Å². The van der Waals surface area contributed by atoms with Gasteiger partial charge in [0.1, 0.15) is 0 Å². The lowest BCUT2D eigenvalue weighted by molar-refractivity contribution is 0.133. The number of rotatable bonds is 4. The van der Waals surface area contributed by atoms with Gasteiger partial charge in [-0.3, -0.25) is 9.80 Å². The van der Waals surface area contributed by atoms with Crippen molar-refractivity contribution in [3.05, 3.63) is 0 Å². The number of fused-ring (bicyclic) bond motifs is 2. The molecule has 2 heterocycles. The highest BCUT2D eigenvalue weighted by Gasteiger charge is 2.38. The van der Waals surface area contributed by atoms with Crippen LogP contribution in [0.2, 0.25) is 0 Å². The fraction of sp³-hybridized carbons (Fsp3) is 1.00. The molecule has 4 unspecified atom stereocenters. The van der Waals surface area contributed by atoms with Gasteiger partial charge in [-0.1, -0.05) is 26.2 Å². The lowest BCUT2D eigenvalue weighted by Gasteiger charge is -2.38. The second-order valence-electron chi connectivity index (χ2n) is 7.60. The van der Waals surface area contributed by atoms with Crippen LogP contribution in [0.1, 0.15) is 64.7 Å². The molecule has 21 heavy (non-hydrogen) atoms. The van der Waals surface area contributed by atoms with Crippen LogP contribution in [0.15, 0.2) is 0 Å². The smallest absolute Gasteiger partial charge is 0.0250 e. The highest BCUT2D eigenvalue weighted by Crippen LogP contribution is 2.31. The van der Waals surface area contributed by atoms with E-state index in [1.54, 1.807) is 0 Å². The Morgan fingerprint density at radius 1 is 0.952 bits per heavy atom. The molecule has 3 fully saturated rings. The van der Waals surface area contributed by atoms with E-state index in [1.807, 2.05) is 0 Å². The van der Waals surface area contributed by atoms with Crippen LogP contribution in [0, 0.1) is 0 Å². The molecule has 3 nitrogen and oxygen atoms in total. The maximum absolute atomic E-state index is 3.88. The Morgan fingerprint density at radius 3 is 2.62 bits per heavy atom. The van der Waals surface area contributed by atoms with Crippen molar-refractivity contribution in [2.24, 2.45) is 0 Å². The van der Waals surface area contributed by atoms with Crippen LogP contribution in [0.5, 0.6) is 0 Å². The molecule has 3 rings (SSSR count). The molecule has 0 radical (unpaired) electrons. The van der Waals surface area contributed by atoms with Crippen molar-refractivity contribution >= 4 is 0 Å². The minimum absolute atomic E-state index is 0.745. The standard InChI is InChI=1S/C18H35N3/c1-3-12-19-17-7-5-4-6-8-18(17)21-13-11-15-9-10-16(14-21)20(15)2/h15-19H,3-14H2,1-2H3. The first-order valence-corrected chi connectivity index (χ1v) is 9.49. The summed E-state index contributed by atoms with van der Waals surface area (Å²) in [4.78, 5) is 5.56. The topological polar surface area (TPSA) is 18.5 Å². The number of nitrogens with one attached hydrogen (secondary N) is 1. The quantitative estimate of drug-likeness (QED) is 0.804. The van der Waals surface area contributed by atoms with Crippen LogP contribution in [-0.2, 0) is 0 Å². The number of likely N-dealkylation sites (N-methyl/N-ethyl adjacent to an activating group) is 1. The third-order valence-corrected chi connectivity index (χ3v) is 6.28. The molecule has 2 aliphatic heterocycles. The van der Waals surface area contributed by atoms with Crippen molar-refractivity contribution in [2.75, 3.05) is 26.7 Å². The van der Waals surface area contributed by atoms with Crippen molar-refractivity contribution in [3.63, 3.8) is 0 Å². The molecule has 2 bridgehead atoms. The van der Waals surface area contributed by atoms with Crippen LogP contribution in [0.4, 0.5) is 0 Å². The van der Waals surface area contributed by atoms with E-state index < -0.39 is 0 Å². The summed E-state index contributed by atoms with van der Waals surface area (Å²) in [7, 11) is 2.37. The zero-order valence-electron chi connectivity index (χ0n) is 14.2. The van der Waals surface area contributed by atoms with Gasteiger partial charge in [-0.2, -0.15) is 0 Å². The Kier molecular flexibility index (Phi) is 5.58. The van der Waals surface area contributed by atoms with Crippen LogP contribution >= 0.6 is 0 Å². The maximum Gasteiger partial charge on any atom is 0.0250 e. The van der Waals surface area contributed by atoms with Crippen LogP contribution < -0.4 is 5.32 Å². The third-order valence-electron chi connectivity index (χ3n) is 6.28. The zero-order chi connectivity index (χ0) is 14.7. The van der Waals surface area contributed by atoms with Crippen molar-refractivity contribution in [3.8, 4) is 0 Å². The fourth-order valence-electron chi connectivity index (χ4n) is 4.93. The summed E-state index contributed by atoms with van der Waals surface area (Å²) in [6.45, 7) is 6.14. The highest BCUT2D eigenvalue weighted by atomic mass is 15.3. The SMILES string of the molecule is CCCNC1CCCCCC1N1CCC2CCC(C1)N2C. The van der Waals surface area contributed by atoms with Crippen molar-refractivity contribution in [1.29, 1.82) is 0 Å². The van der Waals surface area contributed by atoms with E-state index in [2.05, 4.69) is 29.1 Å². The van der Waals surface area contributed by atoms with Gasteiger partial charge in [0.2, 0.25) is 0 Å². The van der Waals surface area contributed by atoms with Crippen LogP contribution in [0.3, 0.4) is 0 Å². The molecule has 1 aliphatic carbocycles. The Bertz CT molecular complexity index is 320. The second kappa shape index (κ2) is 7.43. The Balaban J connectivity index is 1.66. The average Bonchev–Trinajstić information content (AvgIpc) is 2.65. The maximum atomic E-state index is 3.88. The van der Waals surface area contributed by atoms with Crippen molar-refractivity contribution in [2.45, 2.75) is 88.9 Å². The molecule has 2 saturated heterocycles. The van der Waals surface area contributed by atoms with E-state index in [0.717, 1.165) is 24.2 Å². The third kappa shape index (κ3) is 3.62. The monoisotopic (exact) mass is 293 g/mol. The van der Waals surface area contributed by atoms with Gasteiger partial charge in [0.15, 0.2) is 0 Å². The minimum Gasteiger partial charge on any atom is -0.312 e. The summed E-state index contributed by atoms with van der Waals surface area (Å²) in [5.74, 6) is 0. The van der Waals surface area contributed by atoms with Crippen molar-refractivity contribution < 1.29 is 0 Å². The molecule has 1 saturated carbocycles. The molecular weight excluding hydrogens is 258 g/mol. The molecule has 0 aromatic carbocycles. The van der Waals surface area contributed by atoms with Gasteiger partial charge < -0.3 is 5.32 Å². The van der Waals surface area contributed by atoms with Gasteiger partial charge in [-0.25, -0.2) is 0 Å². The van der Waals surface area contributed by atoms with Gasteiger partial charge in [0, 0.05) is 37.3 Å². The lowest BCUT2D eigenvalue weighted by atomic mass is 9.98. The molecule has 0 amide bonds. The van der Waals surface area contributed by atoms with Gasteiger partial charge in [-0.15, -0.1) is 0 Å². The first-order chi connectivity index (χ1) is 10.3. The Labute approximate surface area is 131 Å². The molecule has 1 N–H and O–H groups in total. The molecule has 3 heteroatoms. The van der Waals surface area contributed by atoms with E-state index >= 15 is 0 Å². The van der Waals surface area contributed by atoms with E-state index in [-0.39, 0.29) is 0 Å². The first kappa shape index (κ1) is 15.8. The molecule has 0 aromatic rings. The minimum atomic E-state index is 0.745. The number of hydrogen-bond donors (Lipinski definition) is 1. The Morgan fingerprint density at radius 2 is 1.76 bits per heavy atom. The highest BCUT2D eigenvalue weighted by molar-refractivity contribution is 4.95. The summed E-state index contributed by atoms with van der Waals surface area (Å²) in [5, 5.41) is 3.88. The first-order valence-electron chi connectivity index (χ1n) is 9.49.